The fraction of sp³-hybridized carbons (Fsp3) is 0.227. The van der Waals surface area contributed by atoms with Gasteiger partial charge in [-0.1, -0.05) is 36.4 Å². The highest BCUT2D eigenvalue weighted by molar-refractivity contribution is 5.95. The molecule has 7 heteroatoms. The first-order valence-electron chi connectivity index (χ1n) is 9.38. The molecule has 0 aliphatic rings. The molecule has 1 heterocycles. The van der Waals surface area contributed by atoms with Crippen LogP contribution in [0.2, 0.25) is 0 Å². The van der Waals surface area contributed by atoms with Gasteiger partial charge in [0.1, 0.15) is 5.69 Å². The quantitative estimate of drug-likeness (QED) is 0.676. The summed E-state index contributed by atoms with van der Waals surface area (Å²) in [5.41, 5.74) is 1.83. The van der Waals surface area contributed by atoms with Gasteiger partial charge in [0.15, 0.2) is 0 Å². The largest absolute Gasteiger partial charge is 0.349 e. The molecule has 3 rings (SSSR count). The number of hydrogen-bond acceptors (Lipinski definition) is 3. The number of nitrogens with zero attached hydrogens (tertiary/aromatic N) is 2. The van der Waals surface area contributed by atoms with Gasteiger partial charge < -0.3 is 10.6 Å². The fourth-order valence-electron chi connectivity index (χ4n) is 3.13. The molecular formula is C22H24N4O3. The van der Waals surface area contributed by atoms with E-state index in [1.165, 1.54) is 4.68 Å². The number of hydrogen-bond donors (Lipinski definition) is 2. The summed E-state index contributed by atoms with van der Waals surface area (Å²) in [5.74, 6) is -0.579. The van der Waals surface area contributed by atoms with Gasteiger partial charge in [-0.05, 0) is 38.1 Å². The molecule has 7 nitrogen and oxygen atoms in total. The van der Waals surface area contributed by atoms with Gasteiger partial charge in [-0.15, -0.1) is 0 Å². The number of benzene rings is 2. The predicted octanol–water partition coefficient (Wildman–Crippen LogP) is 2.63. The van der Waals surface area contributed by atoms with Crippen molar-refractivity contribution in [3.05, 3.63) is 82.3 Å². The molecule has 3 aromatic rings. The van der Waals surface area contributed by atoms with E-state index in [2.05, 4.69) is 10.6 Å². The Morgan fingerprint density at radius 1 is 1.00 bits per heavy atom. The second-order valence-electron chi connectivity index (χ2n) is 6.93. The van der Waals surface area contributed by atoms with Gasteiger partial charge >= 0.3 is 0 Å². The van der Waals surface area contributed by atoms with Crippen LogP contribution < -0.4 is 16.2 Å². The average Bonchev–Trinajstić information content (AvgIpc) is 2.92. The number of nitrogens with one attached hydrogen (secondary N) is 2. The Morgan fingerprint density at radius 3 is 2.21 bits per heavy atom. The standard InChI is InChI=1S/C22H24N4O3/c1-15(23-21(28)17-10-6-4-7-11-17)14-19(27)24-20-16(2)25(3)26(22(20)29)18-12-8-5-9-13-18/h4-13,15H,14H2,1-3H3,(H,23,28)(H,24,27). The highest BCUT2D eigenvalue weighted by Gasteiger charge is 2.19. The molecule has 2 N–H and O–H groups in total. The molecule has 1 atom stereocenters. The molecule has 1 unspecified atom stereocenters. The van der Waals surface area contributed by atoms with E-state index < -0.39 is 0 Å². The number of anilines is 1. The van der Waals surface area contributed by atoms with Crippen LogP contribution in [0.1, 0.15) is 29.4 Å². The third kappa shape index (κ3) is 4.45. The Balaban J connectivity index is 1.70. The highest BCUT2D eigenvalue weighted by atomic mass is 16.2. The number of amides is 2. The fourth-order valence-corrected chi connectivity index (χ4v) is 3.13. The summed E-state index contributed by atoms with van der Waals surface area (Å²) in [4.78, 5) is 37.5. The summed E-state index contributed by atoms with van der Waals surface area (Å²) in [6.07, 6.45) is 0.0533. The van der Waals surface area contributed by atoms with E-state index >= 15 is 0 Å². The van der Waals surface area contributed by atoms with Crippen LogP contribution in [0.4, 0.5) is 5.69 Å². The monoisotopic (exact) mass is 392 g/mol. The van der Waals surface area contributed by atoms with Crippen LogP contribution in [0, 0.1) is 6.92 Å². The molecule has 0 fully saturated rings. The molecule has 0 bridgehead atoms. The minimum Gasteiger partial charge on any atom is -0.349 e. The van der Waals surface area contributed by atoms with Crippen LogP contribution in [-0.2, 0) is 11.8 Å². The maximum Gasteiger partial charge on any atom is 0.295 e. The molecule has 150 valence electrons. The molecule has 0 aliphatic carbocycles. The first-order valence-corrected chi connectivity index (χ1v) is 9.38. The number of para-hydroxylation sites is 1. The summed E-state index contributed by atoms with van der Waals surface area (Å²) in [6.45, 7) is 3.53. The van der Waals surface area contributed by atoms with Crippen molar-refractivity contribution in [3.63, 3.8) is 0 Å². The predicted molar refractivity (Wildman–Crippen MR) is 112 cm³/mol. The van der Waals surface area contributed by atoms with Crippen molar-refractivity contribution in [1.82, 2.24) is 14.7 Å². The summed E-state index contributed by atoms with van der Waals surface area (Å²) in [7, 11) is 1.77. The van der Waals surface area contributed by atoms with Crippen molar-refractivity contribution >= 4 is 17.5 Å². The lowest BCUT2D eigenvalue weighted by Crippen LogP contribution is -2.35. The summed E-state index contributed by atoms with van der Waals surface area (Å²) < 4.78 is 3.21. The third-order valence-electron chi connectivity index (χ3n) is 4.72. The van der Waals surface area contributed by atoms with Crippen molar-refractivity contribution in [1.29, 1.82) is 0 Å². The Labute approximate surface area is 169 Å². The van der Waals surface area contributed by atoms with Crippen molar-refractivity contribution in [2.24, 2.45) is 7.05 Å². The number of aromatic nitrogens is 2. The van der Waals surface area contributed by atoms with Gasteiger partial charge in [0.05, 0.1) is 11.4 Å². The highest BCUT2D eigenvalue weighted by Crippen LogP contribution is 2.14. The summed E-state index contributed by atoms with van der Waals surface area (Å²) in [6, 6.07) is 17.6. The van der Waals surface area contributed by atoms with E-state index in [0.717, 1.165) is 0 Å². The Hall–Kier alpha value is -3.61. The molecule has 0 spiro atoms. The Morgan fingerprint density at radius 2 is 1.59 bits per heavy atom. The van der Waals surface area contributed by atoms with E-state index in [0.29, 0.717) is 16.9 Å². The van der Waals surface area contributed by atoms with Crippen LogP contribution in [0.25, 0.3) is 5.69 Å². The van der Waals surface area contributed by atoms with Crippen molar-refractivity contribution < 1.29 is 9.59 Å². The number of carbonyl (C=O) groups excluding carboxylic acids is 2. The molecule has 2 aromatic carbocycles. The lowest BCUT2D eigenvalue weighted by Gasteiger charge is -2.13. The van der Waals surface area contributed by atoms with Gasteiger partial charge in [-0.25, -0.2) is 4.68 Å². The average molecular weight is 392 g/mol. The zero-order valence-corrected chi connectivity index (χ0v) is 16.7. The van der Waals surface area contributed by atoms with Gasteiger partial charge in [0, 0.05) is 25.1 Å². The van der Waals surface area contributed by atoms with Crippen molar-refractivity contribution in [3.8, 4) is 5.69 Å². The third-order valence-corrected chi connectivity index (χ3v) is 4.72. The van der Waals surface area contributed by atoms with Crippen LogP contribution in [0.3, 0.4) is 0 Å². The molecule has 0 saturated carbocycles. The second-order valence-corrected chi connectivity index (χ2v) is 6.93. The first kappa shape index (κ1) is 20.1. The van der Waals surface area contributed by atoms with Gasteiger partial charge in [-0.3, -0.25) is 19.1 Å². The van der Waals surface area contributed by atoms with Crippen LogP contribution >= 0.6 is 0 Å². The normalized spacial score (nSPS) is 11.7. The van der Waals surface area contributed by atoms with Crippen LogP contribution in [-0.4, -0.2) is 27.2 Å². The Kier molecular flexibility index (Phi) is 5.97. The summed E-state index contributed by atoms with van der Waals surface area (Å²) >= 11 is 0. The number of carbonyl (C=O) groups is 2. The lowest BCUT2D eigenvalue weighted by atomic mass is 10.1. The molecular weight excluding hydrogens is 368 g/mol. The van der Waals surface area contributed by atoms with E-state index in [4.69, 9.17) is 0 Å². The second kappa shape index (κ2) is 8.60. The molecule has 29 heavy (non-hydrogen) atoms. The molecule has 0 saturated heterocycles. The van der Waals surface area contributed by atoms with E-state index in [1.54, 1.807) is 49.8 Å². The maximum atomic E-state index is 12.9. The lowest BCUT2D eigenvalue weighted by molar-refractivity contribution is -0.116. The molecule has 2 amide bonds. The number of rotatable bonds is 6. The summed E-state index contributed by atoms with van der Waals surface area (Å²) in [5, 5.41) is 5.51. The smallest absolute Gasteiger partial charge is 0.295 e. The van der Waals surface area contributed by atoms with E-state index in [1.807, 2.05) is 36.4 Å². The van der Waals surface area contributed by atoms with Gasteiger partial charge in [0.2, 0.25) is 5.91 Å². The topological polar surface area (TPSA) is 85.1 Å². The minimum atomic E-state index is -0.386. The van der Waals surface area contributed by atoms with E-state index in [9.17, 15) is 14.4 Å². The zero-order chi connectivity index (χ0) is 21.0. The van der Waals surface area contributed by atoms with E-state index in [-0.39, 0.29) is 35.5 Å². The van der Waals surface area contributed by atoms with Gasteiger partial charge in [0.25, 0.3) is 11.5 Å². The van der Waals surface area contributed by atoms with Crippen LogP contribution in [0.5, 0.6) is 0 Å². The maximum absolute atomic E-state index is 12.9. The molecule has 1 aromatic heterocycles. The molecule has 0 aliphatic heterocycles. The van der Waals surface area contributed by atoms with Crippen molar-refractivity contribution in [2.45, 2.75) is 26.3 Å². The van der Waals surface area contributed by atoms with Crippen LogP contribution in [0.15, 0.2) is 65.5 Å². The SMILES string of the molecule is Cc1c(NC(=O)CC(C)NC(=O)c2ccccc2)c(=O)n(-c2ccccc2)n1C. The zero-order valence-electron chi connectivity index (χ0n) is 16.7. The first-order chi connectivity index (χ1) is 13.9. The Bertz CT molecular complexity index is 1070. The minimum absolute atomic E-state index is 0.0533. The van der Waals surface area contributed by atoms with Gasteiger partial charge in [-0.2, -0.15) is 0 Å². The molecule has 0 radical (unpaired) electrons. The van der Waals surface area contributed by atoms with Crippen molar-refractivity contribution in [2.75, 3.05) is 5.32 Å².